The highest BCUT2D eigenvalue weighted by Crippen LogP contribution is 2.30. The van der Waals surface area contributed by atoms with Crippen LogP contribution in [0, 0.1) is 0 Å². The van der Waals surface area contributed by atoms with Crippen molar-refractivity contribution in [1.29, 1.82) is 0 Å². The van der Waals surface area contributed by atoms with E-state index in [0.717, 1.165) is 16.3 Å². The topological polar surface area (TPSA) is 76.2 Å². The molecule has 0 aliphatic heterocycles. The van der Waals surface area contributed by atoms with Crippen molar-refractivity contribution in [1.82, 2.24) is 4.98 Å². The van der Waals surface area contributed by atoms with Crippen LogP contribution >= 0.6 is 0 Å². The Kier molecular flexibility index (Phi) is 2.71. The molecule has 2 aromatic rings. The fraction of sp³-hybridized carbons (Fsp3) is 0.231. The maximum atomic E-state index is 11.0. The molecular formula is C13H14N2O2. The van der Waals surface area contributed by atoms with Crippen molar-refractivity contribution < 1.29 is 9.90 Å². The van der Waals surface area contributed by atoms with E-state index < -0.39 is 5.91 Å². The van der Waals surface area contributed by atoms with Gasteiger partial charge < -0.3 is 10.8 Å². The molecule has 1 aromatic heterocycles. The normalized spacial score (nSPS) is 11.0. The molecule has 0 unspecified atom stereocenters. The zero-order chi connectivity index (χ0) is 12.6. The number of pyridine rings is 1. The number of nitrogens with zero attached hydrogens (tertiary/aromatic N) is 1. The van der Waals surface area contributed by atoms with Gasteiger partial charge in [0.25, 0.3) is 5.91 Å². The molecule has 0 saturated carbocycles. The molecule has 0 atom stereocenters. The molecule has 0 fully saturated rings. The van der Waals surface area contributed by atoms with Crippen molar-refractivity contribution in [3.05, 3.63) is 35.7 Å². The highest BCUT2D eigenvalue weighted by molar-refractivity contribution is 5.95. The number of phenolic OH excluding ortho intramolecular Hbond substituents is 1. The first-order valence-electron chi connectivity index (χ1n) is 5.41. The van der Waals surface area contributed by atoms with Crippen LogP contribution < -0.4 is 5.73 Å². The van der Waals surface area contributed by atoms with Crippen LogP contribution in [0.3, 0.4) is 0 Å². The van der Waals surface area contributed by atoms with Crippen LogP contribution in [0.25, 0.3) is 10.8 Å². The third-order valence-corrected chi connectivity index (χ3v) is 2.74. The summed E-state index contributed by atoms with van der Waals surface area (Å²) in [4.78, 5) is 15.0. The number of amides is 1. The number of phenols is 1. The monoisotopic (exact) mass is 230 g/mol. The average Bonchev–Trinajstić information content (AvgIpc) is 2.26. The van der Waals surface area contributed by atoms with Gasteiger partial charge in [0.05, 0.1) is 0 Å². The van der Waals surface area contributed by atoms with Crippen molar-refractivity contribution in [3.8, 4) is 5.75 Å². The Bertz CT molecular complexity index is 591. The second kappa shape index (κ2) is 4.05. The minimum absolute atomic E-state index is 0.203. The Morgan fingerprint density at radius 1 is 1.29 bits per heavy atom. The van der Waals surface area contributed by atoms with Crippen molar-refractivity contribution in [2.24, 2.45) is 5.73 Å². The third kappa shape index (κ3) is 2.06. The fourth-order valence-corrected chi connectivity index (χ4v) is 1.80. The Balaban J connectivity index is 2.66. The number of benzene rings is 1. The van der Waals surface area contributed by atoms with Gasteiger partial charge in [-0.05, 0) is 35.1 Å². The van der Waals surface area contributed by atoms with Crippen LogP contribution in [0.1, 0.15) is 35.8 Å². The second-order valence-corrected chi connectivity index (χ2v) is 4.35. The Morgan fingerprint density at radius 2 is 2.00 bits per heavy atom. The van der Waals surface area contributed by atoms with E-state index in [-0.39, 0.29) is 17.4 Å². The van der Waals surface area contributed by atoms with Crippen molar-refractivity contribution in [2.45, 2.75) is 19.8 Å². The lowest BCUT2D eigenvalue weighted by molar-refractivity contribution is 0.0996. The molecule has 1 amide bonds. The van der Waals surface area contributed by atoms with Crippen LogP contribution in [0.4, 0.5) is 0 Å². The van der Waals surface area contributed by atoms with E-state index >= 15 is 0 Å². The molecule has 0 aliphatic rings. The first kappa shape index (κ1) is 11.4. The Morgan fingerprint density at radius 3 is 2.59 bits per heavy atom. The number of hydrogen-bond acceptors (Lipinski definition) is 3. The van der Waals surface area contributed by atoms with E-state index in [0.29, 0.717) is 0 Å². The van der Waals surface area contributed by atoms with Gasteiger partial charge in [0.2, 0.25) is 0 Å². The molecule has 0 aliphatic carbocycles. The quantitative estimate of drug-likeness (QED) is 0.830. The van der Waals surface area contributed by atoms with Crippen molar-refractivity contribution in [3.63, 3.8) is 0 Å². The molecule has 1 aromatic carbocycles. The zero-order valence-electron chi connectivity index (χ0n) is 9.77. The fourth-order valence-electron chi connectivity index (χ4n) is 1.80. The second-order valence-electron chi connectivity index (χ2n) is 4.35. The van der Waals surface area contributed by atoms with Crippen LogP contribution in [0.2, 0.25) is 0 Å². The summed E-state index contributed by atoms with van der Waals surface area (Å²) in [7, 11) is 0. The summed E-state index contributed by atoms with van der Waals surface area (Å²) >= 11 is 0. The van der Waals surface area contributed by atoms with Gasteiger partial charge in [0.1, 0.15) is 11.4 Å². The first-order valence-corrected chi connectivity index (χ1v) is 5.41. The average molecular weight is 230 g/mol. The summed E-state index contributed by atoms with van der Waals surface area (Å²) in [5.74, 6) is -0.108. The molecule has 1 heterocycles. The maximum absolute atomic E-state index is 11.0. The van der Waals surface area contributed by atoms with E-state index in [4.69, 9.17) is 5.73 Å². The number of aromatic hydroxyl groups is 1. The molecule has 4 nitrogen and oxygen atoms in total. The molecule has 0 radical (unpaired) electrons. The van der Waals surface area contributed by atoms with Gasteiger partial charge in [-0.15, -0.1) is 0 Å². The van der Waals surface area contributed by atoms with E-state index in [2.05, 4.69) is 4.98 Å². The first-order chi connectivity index (χ1) is 7.99. The van der Waals surface area contributed by atoms with Gasteiger partial charge in [-0.2, -0.15) is 0 Å². The van der Waals surface area contributed by atoms with E-state index in [1.165, 1.54) is 0 Å². The minimum Gasteiger partial charge on any atom is -0.508 e. The van der Waals surface area contributed by atoms with E-state index in [9.17, 15) is 9.90 Å². The van der Waals surface area contributed by atoms with Crippen molar-refractivity contribution >= 4 is 16.7 Å². The highest BCUT2D eigenvalue weighted by Gasteiger charge is 2.09. The summed E-state index contributed by atoms with van der Waals surface area (Å²) in [5.41, 5.74) is 6.23. The van der Waals surface area contributed by atoms with E-state index in [1.54, 1.807) is 18.3 Å². The highest BCUT2D eigenvalue weighted by atomic mass is 16.3. The summed E-state index contributed by atoms with van der Waals surface area (Å²) in [6, 6.07) is 5.10. The summed E-state index contributed by atoms with van der Waals surface area (Å²) in [6.45, 7) is 4.01. The number of primary amides is 1. The summed E-state index contributed by atoms with van der Waals surface area (Å²) in [5, 5.41) is 11.5. The molecule has 88 valence electrons. The van der Waals surface area contributed by atoms with Crippen LogP contribution in [0.15, 0.2) is 24.4 Å². The van der Waals surface area contributed by atoms with Gasteiger partial charge >= 0.3 is 0 Å². The standard InChI is InChI=1S/C13H14N2O2/c1-7(2)10-3-9-6-15-11(13(14)17)4-8(9)5-12(10)16/h3-7,16H,1-2H3,(H2,14,17). The molecule has 2 rings (SSSR count). The van der Waals surface area contributed by atoms with Crippen LogP contribution in [-0.4, -0.2) is 16.0 Å². The predicted octanol–water partition coefficient (Wildman–Crippen LogP) is 2.16. The number of carbonyl (C=O) groups excluding carboxylic acids is 1. The van der Waals surface area contributed by atoms with E-state index in [1.807, 2.05) is 19.9 Å². The van der Waals surface area contributed by atoms with Crippen molar-refractivity contribution in [2.75, 3.05) is 0 Å². The number of fused-ring (bicyclic) bond motifs is 1. The SMILES string of the molecule is CC(C)c1cc2cnc(C(N)=O)cc2cc1O. The molecule has 0 bridgehead atoms. The molecule has 0 spiro atoms. The van der Waals surface area contributed by atoms with Gasteiger partial charge in [-0.1, -0.05) is 13.8 Å². The molecule has 17 heavy (non-hydrogen) atoms. The summed E-state index contributed by atoms with van der Waals surface area (Å²) in [6.07, 6.45) is 1.60. The lowest BCUT2D eigenvalue weighted by atomic mass is 9.98. The number of rotatable bonds is 2. The van der Waals surface area contributed by atoms with Gasteiger partial charge in [-0.3, -0.25) is 9.78 Å². The van der Waals surface area contributed by atoms with Crippen LogP contribution in [-0.2, 0) is 0 Å². The number of aromatic nitrogens is 1. The number of carbonyl (C=O) groups is 1. The largest absolute Gasteiger partial charge is 0.508 e. The molecular weight excluding hydrogens is 216 g/mol. The Hall–Kier alpha value is -2.10. The van der Waals surface area contributed by atoms with Gasteiger partial charge in [0.15, 0.2) is 0 Å². The lowest BCUT2D eigenvalue weighted by Gasteiger charge is -2.10. The maximum Gasteiger partial charge on any atom is 0.267 e. The Labute approximate surface area is 99.1 Å². The molecule has 4 heteroatoms. The zero-order valence-corrected chi connectivity index (χ0v) is 9.77. The third-order valence-electron chi connectivity index (χ3n) is 2.74. The molecule has 3 N–H and O–H groups in total. The smallest absolute Gasteiger partial charge is 0.267 e. The number of hydrogen-bond donors (Lipinski definition) is 2. The summed E-state index contributed by atoms with van der Waals surface area (Å²) < 4.78 is 0. The van der Waals surface area contributed by atoms with Gasteiger partial charge in [0, 0.05) is 11.6 Å². The number of nitrogens with two attached hydrogens (primary N) is 1. The minimum atomic E-state index is -0.570. The van der Waals surface area contributed by atoms with Gasteiger partial charge in [-0.25, -0.2) is 0 Å². The van der Waals surface area contributed by atoms with Crippen LogP contribution in [0.5, 0.6) is 5.75 Å². The predicted molar refractivity (Wildman–Crippen MR) is 66.0 cm³/mol. The lowest BCUT2D eigenvalue weighted by Crippen LogP contribution is -2.12. The molecule has 0 saturated heterocycles.